The van der Waals surface area contributed by atoms with Crippen molar-refractivity contribution in [2.24, 2.45) is 0 Å². The van der Waals surface area contributed by atoms with Crippen LogP contribution in [0.25, 0.3) is 0 Å². The molecule has 2 atom stereocenters. The molecule has 0 aromatic carbocycles. The van der Waals surface area contributed by atoms with Crippen LogP contribution >= 0.6 is 0 Å². The van der Waals surface area contributed by atoms with Crippen molar-refractivity contribution >= 4 is 0 Å². The highest BCUT2D eigenvalue weighted by atomic mass is 16.6. The van der Waals surface area contributed by atoms with E-state index in [-0.39, 0.29) is 12.1 Å². The highest BCUT2D eigenvalue weighted by Gasteiger charge is 2.23. The molecule has 1 heterocycles. The Morgan fingerprint density at radius 3 is 2.92 bits per heavy atom. The van der Waals surface area contributed by atoms with E-state index in [9.17, 15) is 0 Å². The maximum atomic E-state index is 5.52. The quantitative estimate of drug-likeness (QED) is 0.633. The Balaban J connectivity index is 2.29. The van der Waals surface area contributed by atoms with Crippen molar-refractivity contribution < 1.29 is 14.2 Å². The molecule has 4 nitrogen and oxygen atoms in total. The molecule has 0 bridgehead atoms. The molecule has 0 aromatic heterocycles. The minimum atomic E-state index is 0.128. The third kappa shape index (κ3) is 2.71. The molecular weight excluding hydrogens is 158 g/mol. The summed E-state index contributed by atoms with van der Waals surface area (Å²) < 4.78 is 15.9. The zero-order chi connectivity index (χ0) is 8.81. The Labute approximate surface area is 73.2 Å². The summed E-state index contributed by atoms with van der Waals surface area (Å²) in [6, 6.07) is 0.232. The van der Waals surface area contributed by atoms with Crippen molar-refractivity contribution in [3.63, 3.8) is 0 Å². The van der Waals surface area contributed by atoms with E-state index in [2.05, 4.69) is 5.32 Å². The first kappa shape index (κ1) is 9.92. The molecule has 1 aliphatic heterocycles. The van der Waals surface area contributed by atoms with Crippen LogP contribution in [0, 0.1) is 0 Å². The molecule has 4 heteroatoms. The predicted molar refractivity (Wildman–Crippen MR) is 45.3 cm³/mol. The van der Waals surface area contributed by atoms with Gasteiger partial charge in [-0.1, -0.05) is 0 Å². The standard InChI is InChI=1S/C8H17NO3/c1-9-7(5-10-2)8-6-11-3-4-12-8/h7-9H,3-6H2,1-2H3. The van der Waals surface area contributed by atoms with Gasteiger partial charge in [0, 0.05) is 7.11 Å². The smallest absolute Gasteiger partial charge is 0.0984 e. The topological polar surface area (TPSA) is 39.7 Å². The van der Waals surface area contributed by atoms with Crippen molar-refractivity contribution in [2.75, 3.05) is 40.6 Å². The molecule has 1 aliphatic rings. The summed E-state index contributed by atoms with van der Waals surface area (Å²) in [4.78, 5) is 0. The van der Waals surface area contributed by atoms with E-state index in [1.54, 1.807) is 7.11 Å². The third-order valence-corrected chi connectivity index (χ3v) is 2.01. The molecule has 12 heavy (non-hydrogen) atoms. The molecule has 2 unspecified atom stereocenters. The lowest BCUT2D eigenvalue weighted by Gasteiger charge is -2.29. The van der Waals surface area contributed by atoms with Crippen LogP contribution in [0.4, 0.5) is 0 Å². The number of hydrogen-bond acceptors (Lipinski definition) is 4. The highest BCUT2D eigenvalue weighted by Crippen LogP contribution is 2.05. The summed E-state index contributed by atoms with van der Waals surface area (Å²) in [6.07, 6.45) is 0.128. The van der Waals surface area contributed by atoms with Gasteiger partial charge in [0.25, 0.3) is 0 Å². The Bertz CT molecular complexity index is 112. The summed E-state index contributed by atoms with van der Waals surface area (Å²) in [7, 11) is 3.59. The maximum absolute atomic E-state index is 5.52. The average molecular weight is 175 g/mol. The zero-order valence-corrected chi connectivity index (χ0v) is 7.71. The summed E-state index contributed by atoms with van der Waals surface area (Å²) >= 11 is 0. The van der Waals surface area contributed by atoms with Gasteiger partial charge in [0.2, 0.25) is 0 Å². The molecule has 1 rings (SSSR count). The fourth-order valence-corrected chi connectivity index (χ4v) is 1.29. The zero-order valence-electron chi connectivity index (χ0n) is 7.71. The molecule has 0 radical (unpaired) electrons. The fourth-order valence-electron chi connectivity index (χ4n) is 1.29. The molecule has 0 amide bonds. The average Bonchev–Trinajstić information content (AvgIpc) is 2.15. The van der Waals surface area contributed by atoms with E-state index < -0.39 is 0 Å². The second kappa shape index (κ2) is 5.48. The number of rotatable bonds is 4. The van der Waals surface area contributed by atoms with Gasteiger partial charge in [0.05, 0.1) is 38.6 Å². The van der Waals surface area contributed by atoms with Gasteiger partial charge in [0.1, 0.15) is 0 Å². The van der Waals surface area contributed by atoms with Crippen molar-refractivity contribution in [2.45, 2.75) is 12.1 Å². The van der Waals surface area contributed by atoms with Gasteiger partial charge in [0.15, 0.2) is 0 Å². The van der Waals surface area contributed by atoms with E-state index in [1.165, 1.54) is 0 Å². The first-order valence-electron chi connectivity index (χ1n) is 4.24. The van der Waals surface area contributed by atoms with Crippen LogP contribution in [0.3, 0.4) is 0 Å². The van der Waals surface area contributed by atoms with Crippen LogP contribution in [0.5, 0.6) is 0 Å². The van der Waals surface area contributed by atoms with Gasteiger partial charge in [-0.05, 0) is 7.05 Å². The van der Waals surface area contributed by atoms with Gasteiger partial charge in [-0.2, -0.15) is 0 Å². The molecule has 0 saturated carbocycles. The van der Waals surface area contributed by atoms with Crippen molar-refractivity contribution in [3.8, 4) is 0 Å². The normalized spacial score (nSPS) is 27.0. The predicted octanol–water partition coefficient (Wildman–Crippen LogP) is -0.364. The van der Waals surface area contributed by atoms with E-state index in [1.807, 2.05) is 7.05 Å². The minimum absolute atomic E-state index is 0.128. The van der Waals surface area contributed by atoms with Crippen LogP contribution in [0.15, 0.2) is 0 Å². The Morgan fingerprint density at radius 1 is 1.58 bits per heavy atom. The lowest BCUT2D eigenvalue weighted by molar-refractivity contribution is -0.107. The summed E-state index contributed by atoms with van der Waals surface area (Å²) in [5.74, 6) is 0. The van der Waals surface area contributed by atoms with E-state index >= 15 is 0 Å². The first-order valence-corrected chi connectivity index (χ1v) is 4.24. The Hall–Kier alpha value is -0.160. The van der Waals surface area contributed by atoms with Crippen LogP contribution in [0.1, 0.15) is 0 Å². The molecule has 0 aromatic rings. The highest BCUT2D eigenvalue weighted by molar-refractivity contribution is 4.76. The molecule has 1 saturated heterocycles. The number of ether oxygens (including phenoxy) is 3. The number of likely N-dealkylation sites (N-methyl/N-ethyl adjacent to an activating group) is 1. The van der Waals surface area contributed by atoms with Gasteiger partial charge in [-0.15, -0.1) is 0 Å². The van der Waals surface area contributed by atoms with Gasteiger partial charge < -0.3 is 19.5 Å². The SMILES string of the molecule is CNC(COC)C1COCCO1. The van der Waals surface area contributed by atoms with Crippen LogP contribution in [0.2, 0.25) is 0 Å². The van der Waals surface area contributed by atoms with Crippen molar-refractivity contribution in [1.82, 2.24) is 5.32 Å². The van der Waals surface area contributed by atoms with Crippen molar-refractivity contribution in [1.29, 1.82) is 0 Å². The minimum Gasteiger partial charge on any atom is -0.383 e. The Morgan fingerprint density at radius 2 is 2.42 bits per heavy atom. The fraction of sp³-hybridized carbons (Fsp3) is 1.00. The largest absolute Gasteiger partial charge is 0.383 e. The van der Waals surface area contributed by atoms with Gasteiger partial charge >= 0.3 is 0 Å². The lowest BCUT2D eigenvalue weighted by Crippen LogP contribution is -2.47. The summed E-state index contributed by atoms with van der Waals surface area (Å²) in [5, 5.41) is 3.14. The third-order valence-electron chi connectivity index (χ3n) is 2.01. The summed E-state index contributed by atoms with van der Waals surface area (Å²) in [6.45, 7) is 2.71. The second-order valence-corrected chi connectivity index (χ2v) is 2.83. The maximum Gasteiger partial charge on any atom is 0.0984 e. The second-order valence-electron chi connectivity index (χ2n) is 2.83. The molecule has 0 aliphatic carbocycles. The van der Waals surface area contributed by atoms with Crippen LogP contribution < -0.4 is 5.32 Å². The van der Waals surface area contributed by atoms with E-state index in [4.69, 9.17) is 14.2 Å². The van der Waals surface area contributed by atoms with Crippen LogP contribution in [-0.2, 0) is 14.2 Å². The van der Waals surface area contributed by atoms with Gasteiger partial charge in [-0.25, -0.2) is 0 Å². The lowest BCUT2D eigenvalue weighted by atomic mass is 10.2. The molecule has 1 N–H and O–H groups in total. The van der Waals surface area contributed by atoms with Gasteiger partial charge in [-0.3, -0.25) is 0 Å². The molecule has 0 spiro atoms. The number of hydrogen-bond donors (Lipinski definition) is 1. The molecular formula is C8H17NO3. The first-order chi connectivity index (χ1) is 5.88. The van der Waals surface area contributed by atoms with E-state index in [0.29, 0.717) is 26.4 Å². The molecule has 72 valence electrons. The van der Waals surface area contributed by atoms with Crippen LogP contribution in [-0.4, -0.2) is 52.7 Å². The monoisotopic (exact) mass is 175 g/mol. The summed E-state index contributed by atoms with van der Waals surface area (Å²) in [5.41, 5.74) is 0. The number of methoxy groups -OCH3 is 1. The number of nitrogens with one attached hydrogen (secondary N) is 1. The van der Waals surface area contributed by atoms with E-state index in [0.717, 1.165) is 0 Å². The van der Waals surface area contributed by atoms with Crippen molar-refractivity contribution in [3.05, 3.63) is 0 Å². The molecule has 1 fully saturated rings. The Kier molecular flexibility index (Phi) is 4.53.